The summed E-state index contributed by atoms with van der Waals surface area (Å²) in [6, 6.07) is 3.72. The minimum atomic E-state index is 0.731. The van der Waals surface area contributed by atoms with Crippen LogP contribution in [0.4, 0.5) is 0 Å². The van der Waals surface area contributed by atoms with Crippen molar-refractivity contribution in [2.45, 2.75) is 51.9 Å². The van der Waals surface area contributed by atoms with Crippen LogP contribution in [-0.4, -0.2) is 0 Å². The number of unbranched alkanes of at least 4 members (excludes halogenated alkanes) is 6. The lowest BCUT2D eigenvalue weighted by Crippen LogP contribution is -1.77. The molecule has 0 spiro atoms. The standard InChI is InChI=1S/C16H22O/c1-2-3-4-5-6-7-8-9-10-11-13-16-14-12-15-17-16/h9-10,12,14-15H,2-8H2,1H3/b10-9-. The summed E-state index contributed by atoms with van der Waals surface area (Å²) in [5.41, 5.74) is 0. The largest absolute Gasteiger partial charge is 0.456 e. The first-order chi connectivity index (χ1) is 8.43. The maximum absolute atomic E-state index is 5.11. The molecular weight excluding hydrogens is 208 g/mol. The van der Waals surface area contributed by atoms with Crippen LogP contribution in [0.2, 0.25) is 0 Å². The Morgan fingerprint density at radius 2 is 2.00 bits per heavy atom. The van der Waals surface area contributed by atoms with Crippen molar-refractivity contribution < 1.29 is 4.42 Å². The Morgan fingerprint density at radius 1 is 1.18 bits per heavy atom. The highest BCUT2D eigenvalue weighted by Gasteiger charge is 1.87. The minimum absolute atomic E-state index is 0.731. The second kappa shape index (κ2) is 9.78. The van der Waals surface area contributed by atoms with E-state index in [9.17, 15) is 0 Å². The van der Waals surface area contributed by atoms with E-state index < -0.39 is 0 Å². The van der Waals surface area contributed by atoms with Crippen molar-refractivity contribution >= 4 is 0 Å². The van der Waals surface area contributed by atoms with Gasteiger partial charge in [0.1, 0.15) is 0 Å². The zero-order chi connectivity index (χ0) is 12.2. The van der Waals surface area contributed by atoms with Crippen molar-refractivity contribution in [1.82, 2.24) is 0 Å². The first kappa shape index (κ1) is 13.6. The fourth-order valence-electron chi connectivity index (χ4n) is 1.65. The first-order valence-corrected chi connectivity index (χ1v) is 6.63. The Labute approximate surface area is 105 Å². The van der Waals surface area contributed by atoms with E-state index in [0.29, 0.717) is 0 Å². The average molecular weight is 230 g/mol. The van der Waals surface area contributed by atoms with Gasteiger partial charge in [0.05, 0.1) is 6.26 Å². The van der Waals surface area contributed by atoms with Crippen molar-refractivity contribution in [1.29, 1.82) is 0 Å². The van der Waals surface area contributed by atoms with Gasteiger partial charge in [-0.25, -0.2) is 0 Å². The molecular formula is C16H22O. The summed E-state index contributed by atoms with van der Waals surface area (Å²) in [4.78, 5) is 0. The van der Waals surface area contributed by atoms with E-state index in [1.54, 1.807) is 6.26 Å². The average Bonchev–Trinajstić information content (AvgIpc) is 2.85. The van der Waals surface area contributed by atoms with Crippen molar-refractivity contribution in [2.75, 3.05) is 0 Å². The summed E-state index contributed by atoms with van der Waals surface area (Å²) < 4.78 is 5.11. The van der Waals surface area contributed by atoms with E-state index in [1.165, 1.54) is 38.5 Å². The molecule has 1 heteroatoms. The van der Waals surface area contributed by atoms with Crippen LogP contribution in [0, 0.1) is 11.8 Å². The van der Waals surface area contributed by atoms with Gasteiger partial charge in [0, 0.05) is 0 Å². The molecule has 0 fully saturated rings. The fraction of sp³-hybridized carbons (Fsp3) is 0.500. The molecule has 0 saturated heterocycles. The molecule has 0 N–H and O–H groups in total. The predicted molar refractivity (Wildman–Crippen MR) is 72.7 cm³/mol. The van der Waals surface area contributed by atoms with Crippen LogP contribution in [0.1, 0.15) is 57.6 Å². The molecule has 1 aromatic rings. The van der Waals surface area contributed by atoms with E-state index in [0.717, 1.165) is 12.2 Å². The summed E-state index contributed by atoms with van der Waals surface area (Å²) in [5.74, 6) is 6.65. The molecule has 0 radical (unpaired) electrons. The van der Waals surface area contributed by atoms with Crippen molar-refractivity contribution in [3.05, 3.63) is 36.3 Å². The second-order valence-corrected chi connectivity index (χ2v) is 4.21. The first-order valence-electron chi connectivity index (χ1n) is 6.63. The molecule has 92 valence electrons. The summed E-state index contributed by atoms with van der Waals surface area (Å²) >= 11 is 0. The van der Waals surface area contributed by atoms with Crippen molar-refractivity contribution in [3.8, 4) is 11.8 Å². The minimum Gasteiger partial charge on any atom is -0.456 e. The highest BCUT2D eigenvalue weighted by Crippen LogP contribution is 2.06. The molecule has 0 saturated carbocycles. The van der Waals surface area contributed by atoms with Crippen LogP contribution in [0.25, 0.3) is 0 Å². The van der Waals surface area contributed by atoms with E-state index in [1.807, 2.05) is 18.2 Å². The van der Waals surface area contributed by atoms with Crippen LogP contribution < -0.4 is 0 Å². The summed E-state index contributed by atoms with van der Waals surface area (Å²) in [6.45, 7) is 2.25. The van der Waals surface area contributed by atoms with E-state index in [4.69, 9.17) is 4.42 Å². The van der Waals surface area contributed by atoms with E-state index in [-0.39, 0.29) is 0 Å². The maximum Gasteiger partial charge on any atom is 0.176 e. The topological polar surface area (TPSA) is 13.1 Å². The highest BCUT2D eigenvalue weighted by atomic mass is 16.3. The summed E-state index contributed by atoms with van der Waals surface area (Å²) in [5, 5.41) is 0. The lowest BCUT2D eigenvalue weighted by Gasteiger charge is -1.96. The number of furan rings is 1. The fourth-order valence-corrected chi connectivity index (χ4v) is 1.65. The molecule has 0 aliphatic heterocycles. The van der Waals surface area contributed by atoms with Gasteiger partial charge in [0.15, 0.2) is 5.76 Å². The van der Waals surface area contributed by atoms with Gasteiger partial charge in [-0.15, -0.1) is 0 Å². The third kappa shape index (κ3) is 7.47. The summed E-state index contributed by atoms with van der Waals surface area (Å²) in [6.07, 6.45) is 14.9. The smallest absolute Gasteiger partial charge is 0.176 e. The molecule has 0 aliphatic rings. The van der Waals surface area contributed by atoms with E-state index in [2.05, 4.69) is 24.8 Å². The molecule has 1 aromatic heterocycles. The second-order valence-electron chi connectivity index (χ2n) is 4.21. The SMILES string of the molecule is CCCCCCCC/C=C\C#Cc1ccco1. The van der Waals surface area contributed by atoms with Gasteiger partial charge in [0.25, 0.3) is 0 Å². The Balaban J connectivity index is 1.99. The van der Waals surface area contributed by atoms with Gasteiger partial charge in [-0.05, 0) is 37.0 Å². The molecule has 1 rings (SSSR count). The lowest BCUT2D eigenvalue weighted by atomic mass is 10.1. The van der Waals surface area contributed by atoms with Crippen LogP contribution in [0.15, 0.2) is 35.0 Å². The molecule has 0 bridgehead atoms. The number of hydrogen-bond acceptors (Lipinski definition) is 1. The van der Waals surface area contributed by atoms with Gasteiger partial charge in [0.2, 0.25) is 0 Å². The van der Waals surface area contributed by atoms with E-state index >= 15 is 0 Å². The maximum atomic E-state index is 5.11. The molecule has 17 heavy (non-hydrogen) atoms. The Hall–Kier alpha value is -1.42. The Kier molecular flexibility index (Phi) is 7.85. The van der Waals surface area contributed by atoms with Crippen molar-refractivity contribution in [2.24, 2.45) is 0 Å². The summed E-state index contributed by atoms with van der Waals surface area (Å²) in [7, 11) is 0. The van der Waals surface area contributed by atoms with Gasteiger partial charge in [-0.2, -0.15) is 0 Å². The molecule has 0 aliphatic carbocycles. The molecule has 0 unspecified atom stereocenters. The third-order valence-corrected chi connectivity index (χ3v) is 2.64. The zero-order valence-electron chi connectivity index (χ0n) is 10.7. The van der Waals surface area contributed by atoms with Crippen molar-refractivity contribution in [3.63, 3.8) is 0 Å². The number of rotatable bonds is 7. The van der Waals surface area contributed by atoms with Gasteiger partial charge in [-0.3, -0.25) is 0 Å². The number of hydrogen-bond donors (Lipinski definition) is 0. The Morgan fingerprint density at radius 3 is 2.76 bits per heavy atom. The molecule has 0 atom stereocenters. The highest BCUT2D eigenvalue weighted by molar-refractivity contribution is 5.29. The molecule has 1 heterocycles. The van der Waals surface area contributed by atoms with Gasteiger partial charge in [-0.1, -0.05) is 51.0 Å². The van der Waals surface area contributed by atoms with Crippen LogP contribution >= 0.6 is 0 Å². The van der Waals surface area contributed by atoms with Crippen LogP contribution in [0.3, 0.4) is 0 Å². The molecule has 1 nitrogen and oxygen atoms in total. The molecule has 0 aromatic carbocycles. The zero-order valence-corrected chi connectivity index (χ0v) is 10.7. The van der Waals surface area contributed by atoms with Gasteiger partial charge >= 0.3 is 0 Å². The van der Waals surface area contributed by atoms with Gasteiger partial charge < -0.3 is 4.42 Å². The van der Waals surface area contributed by atoms with Crippen LogP contribution in [0.5, 0.6) is 0 Å². The Bertz CT molecular complexity index is 349. The van der Waals surface area contributed by atoms with Crippen LogP contribution in [-0.2, 0) is 0 Å². The normalized spacial score (nSPS) is 10.4. The lowest BCUT2D eigenvalue weighted by molar-refractivity contribution is 0.554. The third-order valence-electron chi connectivity index (χ3n) is 2.64. The quantitative estimate of drug-likeness (QED) is 0.478. The molecule has 0 amide bonds. The number of allylic oxidation sites excluding steroid dienone is 2. The predicted octanol–water partition coefficient (Wildman–Crippen LogP) is 4.94. The monoisotopic (exact) mass is 230 g/mol.